The minimum Gasteiger partial charge on any atom is -0.333 e. The van der Waals surface area contributed by atoms with E-state index in [2.05, 4.69) is 10.2 Å². The van der Waals surface area contributed by atoms with Crippen molar-refractivity contribution >= 4 is 5.91 Å². The molecule has 0 bridgehead atoms. The molecule has 1 aliphatic heterocycles. The first kappa shape index (κ1) is 13.7. The molecule has 0 aliphatic carbocycles. The number of likely N-dealkylation sites (tertiary alicyclic amines) is 1. The van der Waals surface area contributed by atoms with Gasteiger partial charge in [0.25, 0.3) is 5.91 Å². The Morgan fingerprint density at radius 1 is 1.38 bits per heavy atom. The van der Waals surface area contributed by atoms with Gasteiger partial charge in [-0.25, -0.2) is 4.39 Å². The van der Waals surface area contributed by atoms with Gasteiger partial charge in [-0.15, -0.1) is 5.10 Å². The SMILES string of the molecule is NCC1CCCN1C(=O)c1cnn(-c2ccc(F)cc2)n1. The number of hydrogen-bond donors (Lipinski definition) is 1. The summed E-state index contributed by atoms with van der Waals surface area (Å²) in [4.78, 5) is 15.5. The molecule has 1 atom stereocenters. The van der Waals surface area contributed by atoms with E-state index >= 15 is 0 Å². The summed E-state index contributed by atoms with van der Waals surface area (Å²) in [5, 5.41) is 8.24. The molecule has 21 heavy (non-hydrogen) atoms. The van der Waals surface area contributed by atoms with Gasteiger partial charge in [-0.2, -0.15) is 9.90 Å². The molecule has 0 radical (unpaired) electrons. The molecule has 1 amide bonds. The maximum Gasteiger partial charge on any atom is 0.276 e. The van der Waals surface area contributed by atoms with Crippen LogP contribution in [0.3, 0.4) is 0 Å². The zero-order valence-electron chi connectivity index (χ0n) is 11.4. The Hall–Kier alpha value is -2.28. The fourth-order valence-electron chi connectivity index (χ4n) is 2.56. The maximum absolute atomic E-state index is 12.9. The smallest absolute Gasteiger partial charge is 0.276 e. The summed E-state index contributed by atoms with van der Waals surface area (Å²) in [5.74, 6) is -0.485. The van der Waals surface area contributed by atoms with Crippen LogP contribution in [0.25, 0.3) is 5.69 Å². The summed E-state index contributed by atoms with van der Waals surface area (Å²) in [5.41, 5.74) is 6.56. The van der Waals surface area contributed by atoms with Crippen molar-refractivity contribution in [1.29, 1.82) is 0 Å². The highest BCUT2D eigenvalue weighted by atomic mass is 19.1. The molecule has 0 saturated carbocycles. The van der Waals surface area contributed by atoms with E-state index in [-0.39, 0.29) is 23.5 Å². The van der Waals surface area contributed by atoms with Crippen LogP contribution in [0.4, 0.5) is 4.39 Å². The maximum atomic E-state index is 12.9. The number of nitrogens with two attached hydrogens (primary N) is 1. The fourth-order valence-corrected chi connectivity index (χ4v) is 2.56. The van der Waals surface area contributed by atoms with Crippen molar-refractivity contribution in [3.05, 3.63) is 42.0 Å². The predicted octanol–water partition coefficient (Wildman–Crippen LogP) is 0.970. The molecule has 2 heterocycles. The summed E-state index contributed by atoms with van der Waals surface area (Å²) < 4.78 is 12.9. The molecule has 110 valence electrons. The highest BCUT2D eigenvalue weighted by Crippen LogP contribution is 2.18. The van der Waals surface area contributed by atoms with Crippen LogP contribution in [0, 0.1) is 5.82 Å². The number of rotatable bonds is 3. The Labute approximate surface area is 121 Å². The number of hydrogen-bond acceptors (Lipinski definition) is 4. The molecule has 1 aromatic carbocycles. The van der Waals surface area contributed by atoms with Crippen LogP contribution in [0.1, 0.15) is 23.3 Å². The van der Waals surface area contributed by atoms with Crippen LogP contribution in [0.15, 0.2) is 30.5 Å². The number of carbonyl (C=O) groups is 1. The van der Waals surface area contributed by atoms with Gasteiger partial charge in [0.2, 0.25) is 0 Å². The monoisotopic (exact) mass is 289 g/mol. The lowest BCUT2D eigenvalue weighted by molar-refractivity contribution is 0.0734. The van der Waals surface area contributed by atoms with Gasteiger partial charge < -0.3 is 10.6 Å². The summed E-state index contributed by atoms with van der Waals surface area (Å²) in [7, 11) is 0. The lowest BCUT2D eigenvalue weighted by atomic mass is 10.2. The zero-order valence-corrected chi connectivity index (χ0v) is 11.4. The third-order valence-corrected chi connectivity index (χ3v) is 3.68. The minimum absolute atomic E-state index is 0.0773. The van der Waals surface area contributed by atoms with E-state index in [4.69, 9.17) is 5.73 Å². The molecule has 1 fully saturated rings. The largest absolute Gasteiger partial charge is 0.333 e. The number of carbonyl (C=O) groups excluding carboxylic acids is 1. The van der Waals surface area contributed by atoms with Gasteiger partial charge in [-0.05, 0) is 37.1 Å². The van der Waals surface area contributed by atoms with Crippen molar-refractivity contribution in [2.24, 2.45) is 5.73 Å². The highest BCUT2D eigenvalue weighted by Gasteiger charge is 2.29. The van der Waals surface area contributed by atoms with Crippen molar-refractivity contribution < 1.29 is 9.18 Å². The molecule has 3 rings (SSSR count). The highest BCUT2D eigenvalue weighted by molar-refractivity contribution is 5.92. The van der Waals surface area contributed by atoms with Crippen LogP contribution < -0.4 is 5.73 Å². The third kappa shape index (κ3) is 2.64. The molecular weight excluding hydrogens is 273 g/mol. The number of benzene rings is 1. The van der Waals surface area contributed by atoms with E-state index in [1.807, 2.05) is 0 Å². The standard InChI is InChI=1S/C14H16FN5O/c15-10-3-5-11(6-4-10)20-17-9-13(18-20)14(21)19-7-1-2-12(19)8-16/h3-6,9,12H,1-2,7-8,16H2. The van der Waals surface area contributed by atoms with Crippen molar-refractivity contribution in [2.45, 2.75) is 18.9 Å². The van der Waals surface area contributed by atoms with Crippen LogP contribution >= 0.6 is 0 Å². The number of halogens is 1. The van der Waals surface area contributed by atoms with Crippen molar-refractivity contribution in [3.8, 4) is 5.69 Å². The summed E-state index contributed by atoms with van der Waals surface area (Å²) in [6, 6.07) is 5.84. The fraction of sp³-hybridized carbons (Fsp3) is 0.357. The topological polar surface area (TPSA) is 77.0 Å². The summed E-state index contributed by atoms with van der Waals surface area (Å²) in [6.07, 6.45) is 3.31. The van der Waals surface area contributed by atoms with E-state index in [9.17, 15) is 9.18 Å². The predicted molar refractivity (Wildman–Crippen MR) is 74.4 cm³/mol. The number of nitrogens with zero attached hydrogens (tertiary/aromatic N) is 4. The Balaban J connectivity index is 1.81. The van der Waals surface area contributed by atoms with Crippen LogP contribution in [0.5, 0.6) is 0 Å². The van der Waals surface area contributed by atoms with Crippen LogP contribution in [-0.4, -0.2) is 44.9 Å². The second kappa shape index (κ2) is 5.61. The molecule has 2 aromatic rings. The van der Waals surface area contributed by atoms with Crippen LogP contribution in [0.2, 0.25) is 0 Å². The van der Waals surface area contributed by atoms with E-state index in [0.717, 1.165) is 12.8 Å². The van der Waals surface area contributed by atoms with Gasteiger partial charge in [-0.3, -0.25) is 4.79 Å². The Bertz CT molecular complexity index is 639. The number of aromatic nitrogens is 3. The van der Waals surface area contributed by atoms with Crippen molar-refractivity contribution in [3.63, 3.8) is 0 Å². The summed E-state index contributed by atoms with van der Waals surface area (Å²) in [6.45, 7) is 1.15. The van der Waals surface area contributed by atoms with E-state index in [0.29, 0.717) is 18.8 Å². The molecule has 1 unspecified atom stereocenters. The quantitative estimate of drug-likeness (QED) is 0.913. The molecule has 1 saturated heterocycles. The van der Waals surface area contributed by atoms with Crippen LogP contribution in [-0.2, 0) is 0 Å². The second-order valence-electron chi connectivity index (χ2n) is 5.03. The van der Waals surface area contributed by atoms with Gasteiger partial charge in [0.15, 0.2) is 5.69 Å². The first-order valence-electron chi connectivity index (χ1n) is 6.88. The lowest BCUT2D eigenvalue weighted by Crippen LogP contribution is -2.40. The second-order valence-corrected chi connectivity index (χ2v) is 5.03. The van der Waals surface area contributed by atoms with Gasteiger partial charge in [0.05, 0.1) is 11.9 Å². The minimum atomic E-state index is -0.329. The average Bonchev–Trinajstić information content (AvgIpc) is 3.16. The normalized spacial score (nSPS) is 18.2. The molecule has 1 aliphatic rings. The Kier molecular flexibility index (Phi) is 3.66. The Morgan fingerprint density at radius 3 is 2.86 bits per heavy atom. The van der Waals surface area contributed by atoms with Gasteiger partial charge in [-0.1, -0.05) is 0 Å². The van der Waals surface area contributed by atoms with E-state index in [1.54, 1.807) is 17.0 Å². The van der Waals surface area contributed by atoms with Crippen molar-refractivity contribution in [2.75, 3.05) is 13.1 Å². The van der Waals surface area contributed by atoms with Gasteiger partial charge >= 0.3 is 0 Å². The first-order valence-corrected chi connectivity index (χ1v) is 6.88. The lowest BCUT2D eigenvalue weighted by Gasteiger charge is -2.22. The third-order valence-electron chi connectivity index (χ3n) is 3.68. The summed E-state index contributed by atoms with van der Waals surface area (Å²) >= 11 is 0. The van der Waals surface area contributed by atoms with Gasteiger partial charge in [0.1, 0.15) is 5.82 Å². The van der Waals surface area contributed by atoms with E-state index in [1.165, 1.54) is 23.1 Å². The molecule has 6 nitrogen and oxygen atoms in total. The molecule has 1 aromatic heterocycles. The molecular formula is C14H16FN5O. The molecule has 0 spiro atoms. The molecule has 2 N–H and O–H groups in total. The van der Waals surface area contributed by atoms with Crippen molar-refractivity contribution in [1.82, 2.24) is 19.9 Å². The average molecular weight is 289 g/mol. The van der Waals surface area contributed by atoms with E-state index < -0.39 is 0 Å². The molecule has 7 heteroatoms. The Morgan fingerprint density at radius 2 is 2.14 bits per heavy atom. The zero-order chi connectivity index (χ0) is 14.8. The van der Waals surface area contributed by atoms with Gasteiger partial charge in [0, 0.05) is 19.1 Å². The number of amides is 1. The first-order chi connectivity index (χ1) is 10.2.